The van der Waals surface area contributed by atoms with E-state index in [1.165, 1.54) is 11.8 Å². The summed E-state index contributed by atoms with van der Waals surface area (Å²) in [4.78, 5) is 20.1. The number of carbonyl (C=O) groups excluding carboxylic acids is 1. The van der Waals surface area contributed by atoms with E-state index in [0.717, 1.165) is 0 Å². The van der Waals surface area contributed by atoms with E-state index >= 15 is 0 Å². The number of aromatic amines is 1. The van der Waals surface area contributed by atoms with Gasteiger partial charge < -0.3 is 10.1 Å². The Morgan fingerprint density at radius 3 is 2.88 bits per heavy atom. The molecule has 0 radical (unpaired) electrons. The van der Waals surface area contributed by atoms with E-state index in [1.54, 1.807) is 48.8 Å². The van der Waals surface area contributed by atoms with Crippen LogP contribution in [0.1, 0.15) is 5.82 Å². The average Bonchev–Trinajstić information content (AvgIpc) is 3.08. The zero-order chi connectivity index (χ0) is 17.5. The molecule has 3 rings (SSSR count). The van der Waals surface area contributed by atoms with Crippen LogP contribution in [0, 0.1) is 0 Å². The van der Waals surface area contributed by atoms with Gasteiger partial charge in [-0.3, -0.25) is 14.9 Å². The zero-order valence-corrected chi connectivity index (χ0v) is 14.5. The van der Waals surface area contributed by atoms with Crippen molar-refractivity contribution >= 4 is 35.0 Å². The van der Waals surface area contributed by atoms with Crippen LogP contribution >= 0.6 is 23.4 Å². The third-order valence-corrected chi connectivity index (χ3v) is 4.08. The largest absolute Gasteiger partial charge is 0.486 e. The van der Waals surface area contributed by atoms with Gasteiger partial charge in [-0.25, -0.2) is 4.98 Å². The Balaban J connectivity index is 1.45. The first kappa shape index (κ1) is 17.2. The average molecular weight is 376 g/mol. The molecular weight excluding hydrogens is 362 g/mol. The number of rotatable bonds is 7. The van der Waals surface area contributed by atoms with Gasteiger partial charge >= 0.3 is 0 Å². The molecule has 0 saturated carbocycles. The number of hydrogen-bond acceptors (Lipinski definition) is 6. The van der Waals surface area contributed by atoms with Gasteiger partial charge in [0, 0.05) is 11.2 Å². The molecule has 0 saturated heterocycles. The highest BCUT2D eigenvalue weighted by molar-refractivity contribution is 7.99. The molecule has 7 nitrogen and oxygen atoms in total. The molecule has 128 valence electrons. The second-order valence-electron chi connectivity index (χ2n) is 4.89. The molecule has 1 amide bonds. The van der Waals surface area contributed by atoms with Crippen molar-refractivity contribution in [1.82, 2.24) is 20.2 Å². The van der Waals surface area contributed by atoms with Crippen LogP contribution < -0.4 is 10.1 Å². The standard InChI is InChI=1S/C16H14ClN5O2S/c17-11-3-5-13(6-4-11)24-9-14-20-16(22-21-14)25-10-15(23)19-12-2-1-7-18-8-12/h1-8H,9-10H2,(H,19,23)(H,20,21,22). The Hall–Kier alpha value is -2.58. The molecule has 0 bridgehead atoms. The molecule has 0 aliphatic carbocycles. The van der Waals surface area contributed by atoms with E-state index in [1.807, 2.05) is 0 Å². The van der Waals surface area contributed by atoms with Crippen molar-refractivity contribution in [3.8, 4) is 5.75 Å². The molecule has 9 heteroatoms. The summed E-state index contributed by atoms with van der Waals surface area (Å²) in [6, 6.07) is 10.6. The predicted octanol–water partition coefficient (Wildman–Crippen LogP) is 3.16. The summed E-state index contributed by atoms with van der Waals surface area (Å²) < 4.78 is 5.58. The van der Waals surface area contributed by atoms with Gasteiger partial charge in [0.1, 0.15) is 12.4 Å². The molecule has 0 aliphatic rings. The van der Waals surface area contributed by atoms with Gasteiger partial charge in [0.05, 0.1) is 17.6 Å². The molecule has 0 unspecified atom stereocenters. The van der Waals surface area contributed by atoms with Crippen LogP contribution in [0.3, 0.4) is 0 Å². The molecule has 1 aromatic carbocycles. The Morgan fingerprint density at radius 2 is 2.12 bits per heavy atom. The second kappa shape index (κ2) is 8.50. The highest BCUT2D eigenvalue weighted by Gasteiger charge is 2.08. The highest BCUT2D eigenvalue weighted by atomic mass is 35.5. The number of nitrogens with zero attached hydrogens (tertiary/aromatic N) is 3. The van der Waals surface area contributed by atoms with Crippen LogP contribution in [0.15, 0.2) is 53.9 Å². The van der Waals surface area contributed by atoms with Crippen molar-refractivity contribution in [3.05, 3.63) is 59.6 Å². The zero-order valence-electron chi connectivity index (χ0n) is 13.0. The number of ether oxygens (including phenoxy) is 1. The number of aromatic nitrogens is 4. The van der Waals surface area contributed by atoms with Crippen LogP contribution in [-0.2, 0) is 11.4 Å². The number of pyridine rings is 1. The van der Waals surface area contributed by atoms with Gasteiger partial charge in [0.2, 0.25) is 11.1 Å². The van der Waals surface area contributed by atoms with Gasteiger partial charge in [0.25, 0.3) is 0 Å². The number of hydrogen-bond donors (Lipinski definition) is 2. The fourth-order valence-corrected chi connectivity index (χ4v) is 2.60. The van der Waals surface area contributed by atoms with E-state index in [2.05, 4.69) is 25.5 Å². The van der Waals surface area contributed by atoms with Crippen molar-refractivity contribution < 1.29 is 9.53 Å². The Bertz CT molecular complexity index is 826. The lowest BCUT2D eigenvalue weighted by molar-refractivity contribution is -0.113. The van der Waals surface area contributed by atoms with Gasteiger partial charge in [0.15, 0.2) is 5.82 Å². The van der Waals surface area contributed by atoms with Crippen molar-refractivity contribution in [2.24, 2.45) is 0 Å². The molecular formula is C16H14ClN5O2S. The minimum Gasteiger partial charge on any atom is -0.486 e. The number of benzene rings is 1. The maximum atomic E-state index is 11.9. The van der Waals surface area contributed by atoms with Gasteiger partial charge in [-0.05, 0) is 36.4 Å². The smallest absolute Gasteiger partial charge is 0.234 e. The van der Waals surface area contributed by atoms with E-state index in [0.29, 0.717) is 27.4 Å². The normalized spacial score (nSPS) is 10.4. The van der Waals surface area contributed by atoms with Crippen LogP contribution in [0.25, 0.3) is 0 Å². The molecule has 0 spiro atoms. The molecule has 0 atom stereocenters. The lowest BCUT2D eigenvalue weighted by Crippen LogP contribution is -2.14. The Labute approximate surface area is 153 Å². The second-order valence-corrected chi connectivity index (χ2v) is 6.26. The molecule has 0 aliphatic heterocycles. The summed E-state index contributed by atoms with van der Waals surface area (Å²) in [5.74, 6) is 1.31. The van der Waals surface area contributed by atoms with Crippen LogP contribution in [0.2, 0.25) is 5.02 Å². The molecule has 2 aromatic heterocycles. The molecule has 2 heterocycles. The van der Waals surface area contributed by atoms with E-state index in [-0.39, 0.29) is 18.3 Å². The predicted molar refractivity (Wildman–Crippen MR) is 95.8 cm³/mol. The molecule has 0 fully saturated rings. The SMILES string of the molecule is O=C(CSc1n[nH]c(COc2ccc(Cl)cc2)n1)Nc1cccnc1. The number of thioether (sulfide) groups is 1. The van der Waals surface area contributed by atoms with Gasteiger partial charge in [-0.15, -0.1) is 5.10 Å². The fourth-order valence-electron chi connectivity index (χ4n) is 1.85. The maximum absolute atomic E-state index is 11.9. The number of nitrogens with one attached hydrogen (secondary N) is 2. The number of halogens is 1. The number of carbonyl (C=O) groups is 1. The van der Waals surface area contributed by atoms with E-state index < -0.39 is 0 Å². The summed E-state index contributed by atoms with van der Waals surface area (Å²) in [7, 11) is 0. The molecule has 2 N–H and O–H groups in total. The first-order valence-electron chi connectivity index (χ1n) is 7.31. The maximum Gasteiger partial charge on any atom is 0.234 e. The van der Waals surface area contributed by atoms with Crippen molar-refractivity contribution in [2.75, 3.05) is 11.1 Å². The summed E-state index contributed by atoms with van der Waals surface area (Å²) in [5.41, 5.74) is 0.653. The van der Waals surface area contributed by atoms with Crippen molar-refractivity contribution in [2.45, 2.75) is 11.8 Å². The summed E-state index contributed by atoms with van der Waals surface area (Å²) in [5, 5.41) is 10.7. The lowest BCUT2D eigenvalue weighted by atomic mass is 10.3. The van der Waals surface area contributed by atoms with Gasteiger partial charge in [-0.2, -0.15) is 0 Å². The minimum absolute atomic E-state index is 0.151. The van der Waals surface area contributed by atoms with E-state index in [9.17, 15) is 4.79 Å². The monoisotopic (exact) mass is 375 g/mol. The van der Waals surface area contributed by atoms with Crippen LogP contribution in [-0.4, -0.2) is 31.8 Å². The van der Waals surface area contributed by atoms with Crippen LogP contribution in [0.4, 0.5) is 5.69 Å². The van der Waals surface area contributed by atoms with Crippen molar-refractivity contribution in [1.29, 1.82) is 0 Å². The number of H-pyrrole nitrogens is 1. The Morgan fingerprint density at radius 1 is 1.28 bits per heavy atom. The lowest BCUT2D eigenvalue weighted by Gasteiger charge is -2.03. The first-order chi connectivity index (χ1) is 12.2. The van der Waals surface area contributed by atoms with Crippen LogP contribution in [0.5, 0.6) is 5.75 Å². The minimum atomic E-state index is -0.151. The summed E-state index contributed by atoms with van der Waals surface area (Å²) in [6.45, 7) is 0.247. The van der Waals surface area contributed by atoms with Gasteiger partial charge in [-0.1, -0.05) is 23.4 Å². The first-order valence-corrected chi connectivity index (χ1v) is 8.68. The third-order valence-electron chi connectivity index (χ3n) is 2.98. The van der Waals surface area contributed by atoms with Crippen molar-refractivity contribution in [3.63, 3.8) is 0 Å². The summed E-state index contributed by atoms with van der Waals surface area (Å²) in [6.07, 6.45) is 3.23. The quantitative estimate of drug-likeness (QED) is 0.616. The molecule has 25 heavy (non-hydrogen) atoms. The molecule has 3 aromatic rings. The summed E-state index contributed by atoms with van der Waals surface area (Å²) >= 11 is 7.05. The Kier molecular flexibility index (Phi) is 5.86. The topological polar surface area (TPSA) is 92.8 Å². The van der Waals surface area contributed by atoms with E-state index in [4.69, 9.17) is 16.3 Å². The third kappa shape index (κ3) is 5.47. The highest BCUT2D eigenvalue weighted by Crippen LogP contribution is 2.17. The fraction of sp³-hybridized carbons (Fsp3) is 0.125. The number of amides is 1. The number of anilines is 1.